The number of carbonyl (C=O) groups is 2. The third-order valence-corrected chi connectivity index (χ3v) is 4.19. The zero-order chi connectivity index (χ0) is 19.1. The van der Waals surface area contributed by atoms with Gasteiger partial charge in [-0.25, -0.2) is 5.43 Å². The van der Waals surface area contributed by atoms with Crippen molar-refractivity contribution in [3.63, 3.8) is 0 Å². The van der Waals surface area contributed by atoms with Crippen LogP contribution < -0.4 is 10.7 Å². The van der Waals surface area contributed by atoms with E-state index in [-0.39, 0.29) is 24.7 Å². The molecule has 8 heteroatoms. The van der Waals surface area contributed by atoms with Crippen molar-refractivity contribution < 1.29 is 9.59 Å². The van der Waals surface area contributed by atoms with Crippen molar-refractivity contribution in [1.29, 1.82) is 0 Å². The Bertz CT molecular complexity index is 854. The molecule has 0 bridgehead atoms. The number of rotatable bonds is 6. The van der Waals surface area contributed by atoms with E-state index in [0.717, 1.165) is 5.56 Å². The van der Waals surface area contributed by atoms with Gasteiger partial charge in [0.2, 0.25) is 11.8 Å². The van der Waals surface area contributed by atoms with E-state index in [9.17, 15) is 9.59 Å². The normalized spacial score (nSPS) is 10.8. The maximum absolute atomic E-state index is 11.9. The van der Waals surface area contributed by atoms with Crippen LogP contribution in [0.1, 0.15) is 24.0 Å². The third-order valence-electron chi connectivity index (χ3n) is 3.40. The summed E-state index contributed by atoms with van der Waals surface area (Å²) in [7, 11) is 0. The average molecular weight is 413 g/mol. The summed E-state index contributed by atoms with van der Waals surface area (Å²) in [6.45, 7) is 1.84. The number of hydrazone groups is 1. The first-order valence-corrected chi connectivity index (χ1v) is 8.81. The van der Waals surface area contributed by atoms with E-state index in [1.54, 1.807) is 36.4 Å². The summed E-state index contributed by atoms with van der Waals surface area (Å²) in [4.78, 5) is 23.7. The lowest BCUT2D eigenvalue weighted by atomic mass is 10.2. The molecule has 0 aliphatic rings. The molecule has 0 spiro atoms. The summed E-state index contributed by atoms with van der Waals surface area (Å²) < 4.78 is 0. The van der Waals surface area contributed by atoms with Gasteiger partial charge in [-0.2, -0.15) is 5.10 Å². The van der Waals surface area contributed by atoms with Crippen molar-refractivity contribution in [1.82, 2.24) is 5.43 Å². The highest BCUT2D eigenvalue weighted by Crippen LogP contribution is 2.20. The molecule has 2 aromatic rings. The Labute approximate surface area is 166 Å². The number of carbonyl (C=O) groups excluding carboxylic acids is 2. The third kappa shape index (κ3) is 6.33. The van der Waals surface area contributed by atoms with Gasteiger partial charge in [0.15, 0.2) is 0 Å². The number of anilines is 1. The first kappa shape index (κ1) is 20.2. The Morgan fingerprint density at radius 1 is 1.00 bits per heavy atom. The first-order chi connectivity index (χ1) is 12.3. The van der Waals surface area contributed by atoms with Crippen molar-refractivity contribution in [2.75, 3.05) is 5.32 Å². The van der Waals surface area contributed by atoms with Crippen molar-refractivity contribution in [3.8, 4) is 0 Å². The fourth-order valence-electron chi connectivity index (χ4n) is 2.04. The summed E-state index contributed by atoms with van der Waals surface area (Å²) in [5.74, 6) is -0.649. The molecule has 0 atom stereocenters. The van der Waals surface area contributed by atoms with E-state index in [1.807, 2.05) is 6.92 Å². The average Bonchev–Trinajstić information content (AvgIpc) is 2.57. The fourth-order valence-corrected chi connectivity index (χ4v) is 2.73. The highest BCUT2D eigenvalue weighted by molar-refractivity contribution is 6.36. The van der Waals surface area contributed by atoms with Gasteiger partial charge in [0.1, 0.15) is 0 Å². The van der Waals surface area contributed by atoms with Crippen molar-refractivity contribution in [3.05, 3.63) is 62.6 Å². The summed E-state index contributed by atoms with van der Waals surface area (Å²) in [5, 5.41) is 8.09. The number of aryl methyl sites for hydroxylation is 1. The lowest BCUT2D eigenvalue weighted by Crippen LogP contribution is -2.20. The Morgan fingerprint density at radius 3 is 2.35 bits per heavy atom. The number of nitrogens with zero attached hydrogens (tertiary/aromatic N) is 1. The highest BCUT2D eigenvalue weighted by atomic mass is 35.5. The lowest BCUT2D eigenvalue weighted by molar-refractivity contribution is -0.124. The van der Waals surface area contributed by atoms with Crippen LogP contribution in [0.4, 0.5) is 5.69 Å². The predicted octanol–water partition coefficient (Wildman–Crippen LogP) is 4.82. The molecule has 5 nitrogen and oxygen atoms in total. The van der Waals surface area contributed by atoms with E-state index in [2.05, 4.69) is 15.8 Å². The molecule has 136 valence electrons. The van der Waals surface area contributed by atoms with Crippen LogP contribution in [0.15, 0.2) is 41.5 Å². The number of hydrogen-bond donors (Lipinski definition) is 2. The number of benzene rings is 2. The van der Waals surface area contributed by atoms with Crippen molar-refractivity contribution in [2.24, 2.45) is 5.10 Å². The molecule has 0 aliphatic heterocycles. The van der Waals surface area contributed by atoms with Crippen LogP contribution in [0.25, 0.3) is 0 Å². The standard InChI is InChI=1S/C18H16Cl3N3O2/c1-11-8-13(19)4-5-16(11)23-17(25)6-7-18(26)24-22-10-12-2-3-14(20)9-15(12)21/h2-5,8-10H,6-7H2,1H3,(H,23,25)(H,24,26)/b22-10-. The van der Waals surface area contributed by atoms with Gasteiger partial charge in [0.05, 0.1) is 11.2 Å². The second-order valence-corrected chi connectivity index (χ2v) is 6.75. The second kappa shape index (κ2) is 9.57. The quantitative estimate of drug-likeness (QED) is 0.527. The molecule has 0 radical (unpaired) electrons. The van der Waals surface area contributed by atoms with Crippen LogP contribution >= 0.6 is 34.8 Å². The van der Waals surface area contributed by atoms with Gasteiger partial charge in [-0.3, -0.25) is 9.59 Å². The van der Waals surface area contributed by atoms with Crippen molar-refractivity contribution in [2.45, 2.75) is 19.8 Å². The van der Waals surface area contributed by atoms with Gasteiger partial charge in [0, 0.05) is 34.1 Å². The molecule has 0 fully saturated rings. The topological polar surface area (TPSA) is 70.6 Å². The monoisotopic (exact) mass is 411 g/mol. The maximum Gasteiger partial charge on any atom is 0.240 e. The summed E-state index contributed by atoms with van der Waals surface area (Å²) in [5.41, 5.74) is 4.48. The van der Waals surface area contributed by atoms with Crippen LogP contribution in [0.5, 0.6) is 0 Å². The second-order valence-electron chi connectivity index (χ2n) is 5.47. The Kier molecular flexibility index (Phi) is 7.45. The number of halogens is 3. The van der Waals surface area contributed by atoms with E-state index < -0.39 is 0 Å². The van der Waals surface area contributed by atoms with Crippen molar-refractivity contribution >= 4 is 58.5 Å². The molecule has 2 amide bonds. The molecule has 0 saturated carbocycles. The Balaban J connectivity index is 1.79. The minimum Gasteiger partial charge on any atom is -0.326 e. The molecular weight excluding hydrogens is 397 g/mol. The van der Waals surface area contributed by atoms with Crippen LogP contribution in [-0.4, -0.2) is 18.0 Å². The highest BCUT2D eigenvalue weighted by Gasteiger charge is 2.08. The van der Waals surface area contributed by atoms with Crippen LogP contribution in [0.2, 0.25) is 15.1 Å². The van der Waals surface area contributed by atoms with E-state index in [1.165, 1.54) is 6.21 Å². The molecule has 2 aromatic carbocycles. The summed E-state index contributed by atoms with van der Waals surface area (Å²) >= 11 is 17.7. The minimum atomic E-state index is -0.380. The van der Waals surface area contributed by atoms with Crippen LogP contribution in [0.3, 0.4) is 0 Å². The van der Waals surface area contributed by atoms with E-state index in [4.69, 9.17) is 34.8 Å². The molecule has 0 aliphatic carbocycles. The number of hydrogen-bond acceptors (Lipinski definition) is 3. The smallest absolute Gasteiger partial charge is 0.240 e. The van der Waals surface area contributed by atoms with Crippen LogP contribution in [-0.2, 0) is 9.59 Å². The van der Waals surface area contributed by atoms with E-state index in [0.29, 0.717) is 26.3 Å². The van der Waals surface area contributed by atoms with E-state index >= 15 is 0 Å². The molecular formula is C18H16Cl3N3O2. The molecule has 2 N–H and O–H groups in total. The summed E-state index contributed by atoms with van der Waals surface area (Å²) in [6, 6.07) is 10.1. The summed E-state index contributed by atoms with van der Waals surface area (Å²) in [6.07, 6.45) is 1.45. The zero-order valence-electron chi connectivity index (χ0n) is 13.9. The SMILES string of the molecule is Cc1cc(Cl)ccc1NC(=O)CCC(=O)N/N=C\c1ccc(Cl)cc1Cl. The maximum atomic E-state index is 11.9. The zero-order valence-corrected chi connectivity index (χ0v) is 16.1. The largest absolute Gasteiger partial charge is 0.326 e. The Hall–Kier alpha value is -2.08. The fraction of sp³-hybridized carbons (Fsp3) is 0.167. The Morgan fingerprint density at radius 2 is 1.65 bits per heavy atom. The molecule has 0 heterocycles. The van der Waals surface area contributed by atoms with Gasteiger partial charge in [-0.05, 0) is 42.8 Å². The number of amides is 2. The van der Waals surface area contributed by atoms with Gasteiger partial charge in [-0.1, -0.05) is 40.9 Å². The minimum absolute atomic E-state index is 0.00413. The molecule has 0 aromatic heterocycles. The van der Waals surface area contributed by atoms with Gasteiger partial charge in [0.25, 0.3) is 0 Å². The number of nitrogens with one attached hydrogen (secondary N) is 2. The molecule has 0 saturated heterocycles. The predicted molar refractivity (Wildman–Crippen MR) is 106 cm³/mol. The molecule has 0 unspecified atom stereocenters. The lowest BCUT2D eigenvalue weighted by Gasteiger charge is -2.08. The van der Waals surface area contributed by atoms with Gasteiger partial charge >= 0.3 is 0 Å². The molecule has 26 heavy (non-hydrogen) atoms. The van der Waals surface area contributed by atoms with Gasteiger partial charge < -0.3 is 5.32 Å². The van der Waals surface area contributed by atoms with Crippen LogP contribution in [0, 0.1) is 6.92 Å². The first-order valence-electron chi connectivity index (χ1n) is 7.68. The molecule has 2 rings (SSSR count). The van der Waals surface area contributed by atoms with Gasteiger partial charge in [-0.15, -0.1) is 0 Å².